The van der Waals surface area contributed by atoms with Gasteiger partial charge in [0.25, 0.3) is 0 Å². The second-order valence-corrected chi connectivity index (χ2v) is 3.59. The lowest BCUT2D eigenvalue weighted by atomic mass is 10.2. The van der Waals surface area contributed by atoms with E-state index < -0.39 is 0 Å². The van der Waals surface area contributed by atoms with Crippen LogP contribution in [0.2, 0.25) is 0 Å². The third kappa shape index (κ3) is 4.58. The van der Waals surface area contributed by atoms with Gasteiger partial charge in [-0.2, -0.15) is 5.26 Å². The highest BCUT2D eigenvalue weighted by Gasteiger charge is 2.28. The molecule has 1 fully saturated rings. The first kappa shape index (κ1) is 12.2. The number of Topliss-reactive ketones (excluding diaryl/α,β-unsaturated/α-hetero) is 1. The summed E-state index contributed by atoms with van der Waals surface area (Å²) in [4.78, 5) is 10.6. The third-order valence-electron chi connectivity index (χ3n) is 2.23. The number of hydrogen-bond acceptors (Lipinski definition) is 4. The number of rotatable bonds is 3. The fourth-order valence-corrected chi connectivity index (χ4v) is 1.16. The van der Waals surface area contributed by atoms with Gasteiger partial charge in [0.1, 0.15) is 5.78 Å². The predicted molar refractivity (Wildman–Crippen MR) is 62.2 cm³/mol. The van der Waals surface area contributed by atoms with Crippen LogP contribution in [0.25, 0.3) is 0 Å². The highest BCUT2D eigenvalue weighted by Crippen LogP contribution is 2.30. The molecule has 0 aromatic heterocycles. The van der Waals surface area contributed by atoms with E-state index in [1.165, 1.54) is 0 Å². The molecule has 0 amide bonds. The van der Waals surface area contributed by atoms with Gasteiger partial charge in [0.15, 0.2) is 0 Å². The lowest BCUT2D eigenvalue weighted by Crippen LogP contribution is -2.05. The number of carbonyl (C=O) groups is 1. The Bertz CT molecular complexity index is 366. The van der Waals surface area contributed by atoms with Crippen LogP contribution in [0.1, 0.15) is 19.3 Å². The largest absolute Gasteiger partial charge is 0.324 e. The molecule has 1 aliphatic carbocycles. The standard InChI is InChI=1S/C6H8N2.C6H7NO/c7-8-6-4-2-1-3-5-6;7-4-3-6(8)5-1-2-5/h1-5,8H,7H2;5H,1-3H2. The summed E-state index contributed by atoms with van der Waals surface area (Å²) in [5.41, 5.74) is 3.46. The molecular weight excluding hydrogens is 202 g/mol. The van der Waals surface area contributed by atoms with Crippen molar-refractivity contribution >= 4 is 11.5 Å². The maximum Gasteiger partial charge on any atom is 0.149 e. The second-order valence-electron chi connectivity index (χ2n) is 3.59. The molecule has 0 atom stereocenters. The number of para-hydroxylation sites is 1. The van der Waals surface area contributed by atoms with Gasteiger partial charge < -0.3 is 5.43 Å². The smallest absolute Gasteiger partial charge is 0.149 e. The number of nitrogen functional groups attached to an aromatic ring is 1. The minimum atomic E-state index is 0.116. The van der Waals surface area contributed by atoms with E-state index in [-0.39, 0.29) is 18.1 Å². The number of nitrogens with two attached hydrogens (primary N) is 1. The zero-order chi connectivity index (χ0) is 11.8. The van der Waals surface area contributed by atoms with Gasteiger partial charge in [-0.05, 0) is 25.0 Å². The van der Waals surface area contributed by atoms with E-state index in [2.05, 4.69) is 5.43 Å². The molecule has 0 spiro atoms. The summed E-state index contributed by atoms with van der Waals surface area (Å²) in [6.45, 7) is 0. The Morgan fingerprint density at radius 2 is 2.06 bits per heavy atom. The molecule has 0 bridgehead atoms. The molecule has 0 saturated heterocycles. The zero-order valence-corrected chi connectivity index (χ0v) is 9.02. The van der Waals surface area contributed by atoms with Crippen molar-refractivity contribution in [2.24, 2.45) is 11.8 Å². The maximum atomic E-state index is 10.6. The molecule has 3 N–H and O–H groups in total. The Kier molecular flexibility index (Phi) is 5.03. The van der Waals surface area contributed by atoms with Crippen LogP contribution in [0.15, 0.2) is 30.3 Å². The summed E-state index contributed by atoms with van der Waals surface area (Å²) in [6.07, 6.45) is 2.14. The van der Waals surface area contributed by atoms with E-state index in [0.29, 0.717) is 0 Å². The minimum absolute atomic E-state index is 0.116. The molecular formula is C12H15N3O. The molecule has 2 rings (SSSR count). The third-order valence-corrected chi connectivity index (χ3v) is 2.23. The Morgan fingerprint density at radius 3 is 2.44 bits per heavy atom. The average Bonchev–Trinajstić information content (AvgIpc) is 3.15. The summed E-state index contributed by atoms with van der Waals surface area (Å²) in [5, 5.41) is 8.04. The average molecular weight is 217 g/mol. The Labute approximate surface area is 95.0 Å². The summed E-state index contributed by atoms with van der Waals surface area (Å²) in [5.74, 6) is 5.49. The quantitative estimate of drug-likeness (QED) is 0.598. The monoisotopic (exact) mass is 217 g/mol. The number of benzene rings is 1. The number of nitriles is 1. The lowest BCUT2D eigenvalue weighted by molar-refractivity contribution is -0.119. The van der Waals surface area contributed by atoms with Crippen molar-refractivity contribution in [1.29, 1.82) is 5.26 Å². The van der Waals surface area contributed by atoms with E-state index in [0.717, 1.165) is 18.5 Å². The molecule has 1 aliphatic rings. The Balaban J connectivity index is 0.000000160. The van der Waals surface area contributed by atoms with Crippen LogP contribution in [0.3, 0.4) is 0 Å². The molecule has 84 valence electrons. The first-order valence-electron chi connectivity index (χ1n) is 5.19. The normalized spacial score (nSPS) is 13.0. The van der Waals surface area contributed by atoms with Crippen molar-refractivity contribution < 1.29 is 4.79 Å². The van der Waals surface area contributed by atoms with Crippen LogP contribution in [-0.2, 0) is 4.79 Å². The molecule has 4 nitrogen and oxygen atoms in total. The van der Waals surface area contributed by atoms with Gasteiger partial charge in [0.05, 0.1) is 12.5 Å². The number of nitrogens with one attached hydrogen (secondary N) is 1. The van der Waals surface area contributed by atoms with E-state index in [1.807, 2.05) is 36.4 Å². The summed E-state index contributed by atoms with van der Waals surface area (Å²) in [6, 6.07) is 11.4. The van der Waals surface area contributed by atoms with Crippen molar-refractivity contribution in [2.75, 3.05) is 5.43 Å². The Hall–Kier alpha value is -1.86. The highest BCUT2D eigenvalue weighted by atomic mass is 16.1. The number of ketones is 1. The number of hydrogen-bond donors (Lipinski definition) is 2. The zero-order valence-electron chi connectivity index (χ0n) is 9.02. The summed E-state index contributed by atoms with van der Waals surface area (Å²) < 4.78 is 0. The maximum absolute atomic E-state index is 10.6. The van der Waals surface area contributed by atoms with Crippen molar-refractivity contribution in [1.82, 2.24) is 0 Å². The van der Waals surface area contributed by atoms with E-state index in [1.54, 1.807) is 0 Å². The molecule has 16 heavy (non-hydrogen) atoms. The molecule has 0 radical (unpaired) electrons. The van der Waals surface area contributed by atoms with Gasteiger partial charge in [-0.15, -0.1) is 0 Å². The topological polar surface area (TPSA) is 78.9 Å². The molecule has 1 saturated carbocycles. The van der Waals surface area contributed by atoms with Crippen LogP contribution in [0, 0.1) is 17.2 Å². The Morgan fingerprint density at radius 1 is 1.44 bits per heavy atom. The van der Waals surface area contributed by atoms with Crippen LogP contribution in [0.4, 0.5) is 5.69 Å². The summed E-state index contributed by atoms with van der Waals surface area (Å²) in [7, 11) is 0. The van der Waals surface area contributed by atoms with Crippen LogP contribution >= 0.6 is 0 Å². The van der Waals surface area contributed by atoms with E-state index in [4.69, 9.17) is 11.1 Å². The lowest BCUT2D eigenvalue weighted by Gasteiger charge is -1.94. The SMILES string of the molecule is N#CCC(=O)C1CC1.NNc1ccccc1. The van der Waals surface area contributed by atoms with Crippen molar-refractivity contribution in [2.45, 2.75) is 19.3 Å². The van der Waals surface area contributed by atoms with E-state index >= 15 is 0 Å². The highest BCUT2D eigenvalue weighted by molar-refractivity contribution is 5.84. The fourth-order valence-electron chi connectivity index (χ4n) is 1.16. The molecule has 4 heteroatoms. The first-order valence-corrected chi connectivity index (χ1v) is 5.19. The number of anilines is 1. The molecule has 1 aromatic rings. The van der Waals surface area contributed by atoms with Crippen LogP contribution in [-0.4, -0.2) is 5.78 Å². The van der Waals surface area contributed by atoms with Crippen LogP contribution in [0.5, 0.6) is 0 Å². The van der Waals surface area contributed by atoms with Gasteiger partial charge in [-0.3, -0.25) is 10.6 Å². The van der Waals surface area contributed by atoms with Crippen molar-refractivity contribution in [3.05, 3.63) is 30.3 Å². The number of hydrazine groups is 1. The molecule has 0 aliphatic heterocycles. The van der Waals surface area contributed by atoms with E-state index in [9.17, 15) is 4.79 Å². The van der Waals surface area contributed by atoms with Crippen LogP contribution < -0.4 is 11.3 Å². The minimum Gasteiger partial charge on any atom is -0.324 e. The van der Waals surface area contributed by atoms with Crippen molar-refractivity contribution in [3.63, 3.8) is 0 Å². The number of carbonyl (C=O) groups excluding carboxylic acids is 1. The van der Waals surface area contributed by atoms with Gasteiger partial charge in [-0.25, -0.2) is 0 Å². The van der Waals surface area contributed by atoms with Gasteiger partial charge in [0.2, 0.25) is 0 Å². The molecule has 1 aromatic carbocycles. The van der Waals surface area contributed by atoms with Gasteiger partial charge in [-0.1, -0.05) is 18.2 Å². The fraction of sp³-hybridized carbons (Fsp3) is 0.333. The first-order chi connectivity index (χ1) is 7.77. The molecule has 0 heterocycles. The predicted octanol–water partition coefficient (Wildman–Crippen LogP) is 1.85. The number of nitrogens with zero attached hydrogens (tertiary/aromatic N) is 1. The second kappa shape index (κ2) is 6.59. The van der Waals surface area contributed by atoms with Crippen molar-refractivity contribution in [3.8, 4) is 6.07 Å². The summed E-state index contributed by atoms with van der Waals surface area (Å²) >= 11 is 0. The van der Waals surface area contributed by atoms with Gasteiger partial charge in [0, 0.05) is 11.6 Å². The van der Waals surface area contributed by atoms with Gasteiger partial charge >= 0.3 is 0 Å². The molecule has 0 unspecified atom stereocenters.